The molecule has 1 aliphatic heterocycles. The summed E-state index contributed by atoms with van der Waals surface area (Å²) in [5, 5.41) is 0. The summed E-state index contributed by atoms with van der Waals surface area (Å²) in [6.07, 6.45) is 8.85. The lowest BCUT2D eigenvalue weighted by Crippen LogP contribution is -2.42. The zero-order valence-corrected chi connectivity index (χ0v) is 16.4. The molecule has 0 aliphatic carbocycles. The average Bonchev–Trinajstić information content (AvgIpc) is 3.36. The molecule has 2 atom stereocenters. The van der Waals surface area contributed by atoms with E-state index in [0.29, 0.717) is 6.54 Å². The largest absolute Gasteiger partial charge is 0.468 e. The van der Waals surface area contributed by atoms with E-state index in [0.717, 1.165) is 35.5 Å². The molecular formula is C22H25N3O3. The highest BCUT2D eigenvalue weighted by Gasteiger charge is 2.40. The number of aromatic nitrogens is 2. The molecule has 2 aromatic rings. The number of benzene rings is 1. The van der Waals surface area contributed by atoms with Gasteiger partial charge in [-0.1, -0.05) is 31.9 Å². The van der Waals surface area contributed by atoms with Crippen LogP contribution in [0.5, 0.6) is 0 Å². The third-order valence-corrected chi connectivity index (χ3v) is 5.20. The summed E-state index contributed by atoms with van der Waals surface area (Å²) in [4.78, 5) is 34.8. The third-order valence-electron chi connectivity index (χ3n) is 5.20. The van der Waals surface area contributed by atoms with E-state index < -0.39 is 11.9 Å². The molecule has 1 N–H and O–H groups in total. The number of carbonyl (C=O) groups excluding carboxylic acids is 2. The van der Waals surface area contributed by atoms with Gasteiger partial charge in [0, 0.05) is 12.1 Å². The normalized spacial score (nSPS) is 17.4. The molecule has 28 heavy (non-hydrogen) atoms. The molecule has 1 fully saturated rings. The Morgan fingerprint density at radius 2 is 2.04 bits per heavy atom. The molecule has 0 saturated carbocycles. The number of methoxy groups -OCH3 is 1. The lowest BCUT2D eigenvalue weighted by molar-refractivity contribution is -0.156. The van der Waals surface area contributed by atoms with Crippen LogP contribution >= 0.6 is 0 Å². The number of H-pyrrole nitrogens is 1. The van der Waals surface area contributed by atoms with Crippen LogP contribution in [0.2, 0.25) is 0 Å². The number of nitrogens with zero attached hydrogens (tertiary/aromatic N) is 2. The minimum Gasteiger partial charge on any atom is -0.468 e. The second-order valence-corrected chi connectivity index (χ2v) is 7.34. The van der Waals surface area contributed by atoms with Crippen molar-refractivity contribution in [3.8, 4) is 23.6 Å². The number of hydrogen-bond acceptors (Lipinski definition) is 4. The van der Waals surface area contributed by atoms with E-state index in [2.05, 4.69) is 15.9 Å². The van der Waals surface area contributed by atoms with Crippen molar-refractivity contribution in [3.63, 3.8) is 0 Å². The number of nitrogens with one attached hydrogen (secondary N) is 1. The van der Waals surface area contributed by atoms with E-state index in [1.54, 1.807) is 11.1 Å². The Morgan fingerprint density at radius 3 is 2.64 bits per heavy atom. The summed E-state index contributed by atoms with van der Waals surface area (Å²) >= 11 is 0. The van der Waals surface area contributed by atoms with Crippen molar-refractivity contribution in [2.45, 2.75) is 32.7 Å². The molecule has 2 heterocycles. The molecule has 1 aromatic carbocycles. The van der Waals surface area contributed by atoms with Gasteiger partial charge in [0.1, 0.15) is 11.7 Å². The Kier molecular flexibility index (Phi) is 5.84. The van der Waals surface area contributed by atoms with Crippen LogP contribution in [-0.2, 0) is 14.3 Å². The maximum Gasteiger partial charge on any atom is 0.318 e. The fourth-order valence-electron chi connectivity index (χ4n) is 3.68. The molecule has 1 amide bonds. The monoisotopic (exact) mass is 379 g/mol. The summed E-state index contributed by atoms with van der Waals surface area (Å²) in [5.74, 6) is 1.72. The Balaban J connectivity index is 1.83. The smallest absolute Gasteiger partial charge is 0.318 e. The first kappa shape index (κ1) is 19.7. The van der Waals surface area contributed by atoms with Gasteiger partial charge in [-0.2, -0.15) is 0 Å². The maximum atomic E-state index is 13.1. The number of carbonyl (C=O) groups is 2. The van der Waals surface area contributed by atoms with Crippen LogP contribution in [-0.4, -0.2) is 40.4 Å². The van der Waals surface area contributed by atoms with Crippen LogP contribution in [0.1, 0.15) is 44.1 Å². The van der Waals surface area contributed by atoms with Crippen LogP contribution in [0, 0.1) is 24.2 Å². The molecule has 1 saturated heterocycles. The first-order chi connectivity index (χ1) is 13.5. The predicted molar refractivity (Wildman–Crippen MR) is 106 cm³/mol. The van der Waals surface area contributed by atoms with E-state index >= 15 is 0 Å². The average molecular weight is 379 g/mol. The van der Waals surface area contributed by atoms with Crippen LogP contribution in [0.4, 0.5) is 0 Å². The zero-order valence-electron chi connectivity index (χ0n) is 16.4. The number of rotatable bonds is 5. The van der Waals surface area contributed by atoms with Crippen molar-refractivity contribution in [2.24, 2.45) is 11.8 Å². The minimum atomic E-state index is -0.795. The first-order valence-corrected chi connectivity index (χ1v) is 9.46. The molecule has 0 bridgehead atoms. The molecule has 0 radical (unpaired) electrons. The van der Waals surface area contributed by atoms with Crippen molar-refractivity contribution in [1.29, 1.82) is 0 Å². The quantitative estimate of drug-likeness (QED) is 0.492. The van der Waals surface area contributed by atoms with Crippen molar-refractivity contribution in [1.82, 2.24) is 14.9 Å². The van der Waals surface area contributed by atoms with E-state index in [-0.39, 0.29) is 17.9 Å². The van der Waals surface area contributed by atoms with Gasteiger partial charge in [-0.15, -0.1) is 6.42 Å². The summed E-state index contributed by atoms with van der Waals surface area (Å²) in [6, 6.07) is 7.47. The van der Waals surface area contributed by atoms with Crippen molar-refractivity contribution < 1.29 is 14.3 Å². The second kappa shape index (κ2) is 8.30. The molecule has 6 nitrogen and oxygen atoms in total. The van der Waals surface area contributed by atoms with Crippen molar-refractivity contribution in [3.05, 3.63) is 41.9 Å². The lowest BCUT2D eigenvalue weighted by atomic mass is 9.94. The molecule has 1 aliphatic rings. The van der Waals surface area contributed by atoms with Crippen LogP contribution in [0.15, 0.2) is 30.5 Å². The van der Waals surface area contributed by atoms with Crippen molar-refractivity contribution in [2.75, 3.05) is 13.7 Å². The number of aromatic amines is 1. The summed E-state index contributed by atoms with van der Waals surface area (Å²) in [6.45, 7) is 4.32. The van der Waals surface area contributed by atoms with Crippen LogP contribution < -0.4 is 0 Å². The molecule has 1 aromatic heterocycles. The third kappa shape index (κ3) is 3.79. The topological polar surface area (TPSA) is 75.3 Å². The standard InChI is InChI=1S/C22H25N3O3/c1-5-15-8-10-16(11-9-15)17-13-23-20(24-17)18-7-6-12-25(18)21(26)19(14(2)3)22(27)28-4/h1,8-11,13-14,18-19H,6-7,12H2,2-4H3,(H,23,24). The molecule has 2 unspecified atom stereocenters. The predicted octanol–water partition coefficient (Wildman–Crippen LogP) is 3.17. The van der Waals surface area contributed by atoms with Gasteiger partial charge in [0.2, 0.25) is 5.91 Å². The SMILES string of the molecule is C#Cc1ccc(-c2cnc(C3CCCN3C(=O)C(C(=O)OC)C(C)C)[nH]2)cc1. The highest BCUT2D eigenvalue weighted by atomic mass is 16.5. The van der Waals surface area contributed by atoms with E-state index in [9.17, 15) is 9.59 Å². The van der Waals surface area contributed by atoms with Crippen molar-refractivity contribution >= 4 is 11.9 Å². The van der Waals surface area contributed by atoms with Gasteiger partial charge in [-0.05, 0) is 36.5 Å². The van der Waals surface area contributed by atoms with Gasteiger partial charge in [0.25, 0.3) is 0 Å². The molecular weight excluding hydrogens is 354 g/mol. The summed E-state index contributed by atoms with van der Waals surface area (Å²) in [7, 11) is 1.32. The first-order valence-electron chi connectivity index (χ1n) is 9.46. The maximum absolute atomic E-state index is 13.1. The second-order valence-electron chi connectivity index (χ2n) is 7.34. The number of esters is 1. The molecule has 0 spiro atoms. The van der Waals surface area contributed by atoms with Gasteiger partial charge < -0.3 is 14.6 Å². The number of amides is 1. The molecule has 146 valence electrons. The van der Waals surface area contributed by atoms with Gasteiger partial charge in [-0.3, -0.25) is 9.59 Å². The Morgan fingerprint density at radius 1 is 1.32 bits per heavy atom. The fourth-order valence-corrected chi connectivity index (χ4v) is 3.68. The Labute approximate surface area is 165 Å². The number of terminal acetylenes is 1. The summed E-state index contributed by atoms with van der Waals surface area (Å²) < 4.78 is 4.85. The van der Waals surface area contributed by atoms with E-state index in [1.807, 2.05) is 38.1 Å². The van der Waals surface area contributed by atoms with Gasteiger partial charge in [0.05, 0.1) is 25.0 Å². The zero-order chi connectivity index (χ0) is 20.3. The fraction of sp³-hybridized carbons (Fsp3) is 0.409. The Hall–Kier alpha value is -3.07. The number of ether oxygens (including phenoxy) is 1. The van der Waals surface area contributed by atoms with Crippen LogP contribution in [0.3, 0.4) is 0 Å². The van der Waals surface area contributed by atoms with Gasteiger partial charge >= 0.3 is 5.97 Å². The van der Waals surface area contributed by atoms with Crippen LogP contribution in [0.25, 0.3) is 11.3 Å². The van der Waals surface area contributed by atoms with E-state index in [4.69, 9.17) is 11.2 Å². The Bertz CT molecular complexity index is 892. The van der Waals surface area contributed by atoms with Gasteiger partial charge in [-0.25, -0.2) is 4.98 Å². The van der Waals surface area contributed by atoms with Gasteiger partial charge in [0.15, 0.2) is 0 Å². The molecule has 6 heteroatoms. The highest BCUT2D eigenvalue weighted by molar-refractivity contribution is 5.98. The number of hydrogen-bond donors (Lipinski definition) is 1. The van der Waals surface area contributed by atoms with E-state index in [1.165, 1.54) is 7.11 Å². The number of likely N-dealkylation sites (tertiary alicyclic amines) is 1. The minimum absolute atomic E-state index is 0.136. The lowest BCUT2D eigenvalue weighted by Gasteiger charge is -2.28. The summed E-state index contributed by atoms with van der Waals surface area (Å²) in [5.41, 5.74) is 2.66. The highest BCUT2D eigenvalue weighted by Crippen LogP contribution is 2.34. The number of imidazole rings is 1. The molecule has 3 rings (SSSR count).